The maximum atomic E-state index is 12.2. The molecule has 0 spiro atoms. The molecule has 1 aliphatic heterocycles. The van der Waals surface area contributed by atoms with Crippen LogP contribution < -0.4 is 0 Å². The number of rotatable bonds is 6. The van der Waals surface area contributed by atoms with Gasteiger partial charge in [-0.15, -0.1) is 13.2 Å². The third-order valence-corrected chi connectivity index (χ3v) is 2.55. The normalized spacial score (nSPS) is 19.8. The predicted octanol–water partition coefficient (Wildman–Crippen LogP) is 2.75. The van der Waals surface area contributed by atoms with Crippen LogP contribution in [-0.2, 0) is 9.47 Å². The van der Waals surface area contributed by atoms with Gasteiger partial charge in [0.15, 0.2) is 0 Å². The van der Waals surface area contributed by atoms with Crippen molar-refractivity contribution in [1.29, 1.82) is 0 Å². The number of hydrogen-bond donors (Lipinski definition) is 0. The van der Waals surface area contributed by atoms with Crippen LogP contribution in [0.2, 0.25) is 0 Å². The van der Waals surface area contributed by atoms with Gasteiger partial charge in [0.1, 0.15) is 11.7 Å². The third kappa shape index (κ3) is 4.53. The summed E-state index contributed by atoms with van der Waals surface area (Å²) in [4.78, 5) is 13.8. The van der Waals surface area contributed by atoms with E-state index in [4.69, 9.17) is 9.47 Å². The Balaban J connectivity index is 2.75. The summed E-state index contributed by atoms with van der Waals surface area (Å²) < 4.78 is 10.7. The molecular formula is C14H23NO3. The summed E-state index contributed by atoms with van der Waals surface area (Å²) in [6.07, 6.45) is 3.95. The first-order valence-electron chi connectivity index (χ1n) is 6.22. The second kappa shape index (κ2) is 6.05. The van der Waals surface area contributed by atoms with Crippen molar-refractivity contribution in [3.63, 3.8) is 0 Å². The molecule has 0 aromatic carbocycles. The maximum absolute atomic E-state index is 12.2. The first kappa shape index (κ1) is 14.8. The van der Waals surface area contributed by atoms with Crippen molar-refractivity contribution in [1.82, 2.24) is 4.90 Å². The van der Waals surface area contributed by atoms with Gasteiger partial charge in [0.2, 0.25) is 0 Å². The molecule has 1 saturated heterocycles. The zero-order chi connectivity index (χ0) is 13.8. The van der Waals surface area contributed by atoms with E-state index in [0.717, 1.165) is 0 Å². The Morgan fingerprint density at radius 2 is 2.11 bits per heavy atom. The summed E-state index contributed by atoms with van der Waals surface area (Å²) in [6, 6.07) is -0.0182. The van der Waals surface area contributed by atoms with Crippen molar-refractivity contribution in [3.05, 3.63) is 25.3 Å². The Morgan fingerprint density at radius 1 is 1.50 bits per heavy atom. The van der Waals surface area contributed by atoms with Gasteiger partial charge in [-0.1, -0.05) is 12.2 Å². The van der Waals surface area contributed by atoms with Crippen LogP contribution in [-0.4, -0.2) is 41.9 Å². The number of carbonyl (C=O) groups is 1. The van der Waals surface area contributed by atoms with Crippen molar-refractivity contribution < 1.29 is 14.3 Å². The predicted molar refractivity (Wildman–Crippen MR) is 71.5 cm³/mol. The van der Waals surface area contributed by atoms with Gasteiger partial charge < -0.3 is 9.47 Å². The van der Waals surface area contributed by atoms with Crippen LogP contribution in [0.3, 0.4) is 0 Å². The third-order valence-electron chi connectivity index (χ3n) is 2.55. The van der Waals surface area contributed by atoms with E-state index < -0.39 is 5.60 Å². The fourth-order valence-corrected chi connectivity index (χ4v) is 1.73. The molecule has 0 aliphatic carbocycles. The van der Waals surface area contributed by atoms with Gasteiger partial charge in [0.25, 0.3) is 0 Å². The summed E-state index contributed by atoms with van der Waals surface area (Å²) >= 11 is 0. The minimum Gasteiger partial charge on any atom is -0.444 e. The molecule has 1 heterocycles. The zero-order valence-electron chi connectivity index (χ0n) is 11.5. The van der Waals surface area contributed by atoms with E-state index in [2.05, 4.69) is 13.2 Å². The molecular weight excluding hydrogens is 230 g/mol. The van der Waals surface area contributed by atoms with Crippen molar-refractivity contribution >= 4 is 6.09 Å². The molecule has 0 radical (unpaired) electrons. The van der Waals surface area contributed by atoms with Gasteiger partial charge in [0, 0.05) is 6.54 Å². The smallest absolute Gasteiger partial charge is 0.410 e. The summed E-state index contributed by atoms with van der Waals surface area (Å²) in [5.74, 6) is 0. The van der Waals surface area contributed by atoms with E-state index in [9.17, 15) is 4.79 Å². The van der Waals surface area contributed by atoms with Crippen molar-refractivity contribution in [2.24, 2.45) is 0 Å². The lowest BCUT2D eigenvalue weighted by atomic mass is 10.1. The fraction of sp³-hybridized carbons (Fsp3) is 0.643. The first-order valence-corrected chi connectivity index (χ1v) is 6.22. The lowest BCUT2D eigenvalue weighted by Gasteiger charge is -2.31. The molecule has 1 rings (SSSR count). The van der Waals surface area contributed by atoms with Gasteiger partial charge in [-0.2, -0.15) is 0 Å². The van der Waals surface area contributed by atoms with E-state index in [1.165, 1.54) is 0 Å². The van der Waals surface area contributed by atoms with Crippen LogP contribution in [0, 0.1) is 0 Å². The summed E-state index contributed by atoms with van der Waals surface area (Å²) in [6.45, 7) is 14.1. The highest BCUT2D eigenvalue weighted by Crippen LogP contribution is 2.24. The molecule has 0 unspecified atom stereocenters. The Morgan fingerprint density at radius 3 is 2.50 bits per heavy atom. The number of epoxide rings is 1. The molecule has 102 valence electrons. The standard InChI is InChI=1S/C14H23NO3/c1-6-8-11(12-10-17-12)15(9-7-2)13(16)18-14(3,4)5/h6-7,11-12H,1-2,8-10H2,3-5H3/t11-,12-/m1/s1. The first-order chi connectivity index (χ1) is 8.39. The molecule has 18 heavy (non-hydrogen) atoms. The molecule has 4 heteroatoms. The van der Waals surface area contributed by atoms with Crippen LogP contribution in [0.25, 0.3) is 0 Å². The molecule has 1 aliphatic rings. The van der Waals surface area contributed by atoms with E-state index in [-0.39, 0.29) is 18.2 Å². The number of carbonyl (C=O) groups excluding carboxylic acids is 1. The highest BCUT2D eigenvalue weighted by Gasteiger charge is 2.39. The van der Waals surface area contributed by atoms with Crippen LogP contribution in [0.15, 0.2) is 25.3 Å². The number of amides is 1. The van der Waals surface area contributed by atoms with Gasteiger partial charge in [0.05, 0.1) is 12.6 Å². The molecule has 0 bridgehead atoms. The van der Waals surface area contributed by atoms with Gasteiger partial charge in [-0.3, -0.25) is 4.90 Å². The second-order valence-corrected chi connectivity index (χ2v) is 5.38. The Hall–Kier alpha value is -1.29. The van der Waals surface area contributed by atoms with Crippen LogP contribution in [0.5, 0.6) is 0 Å². The molecule has 0 aromatic rings. The largest absolute Gasteiger partial charge is 0.444 e. The van der Waals surface area contributed by atoms with Crippen LogP contribution in [0.1, 0.15) is 27.2 Å². The molecule has 2 atom stereocenters. The van der Waals surface area contributed by atoms with Crippen molar-refractivity contribution in [3.8, 4) is 0 Å². The minimum absolute atomic E-state index is 0.0182. The Bertz CT molecular complexity index is 315. The highest BCUT2D eigenvalue weighted by molar-refractivity contribution is 5.69. The van der Waals surface area contributed by atoms with Crippen LogP contribution in [0.4, 0.5) is 4.79 Å². The lowest BCUT2D eigenvalue weighted by Crippen LogP contribution is -2.45. The minimum atomic E-state index is -0.500. The van der Waals surface area contributed by atoms with E-state index in [1.807, 2.05) is 20.8 Å². The van der Waals surface area contributed by atoms with Crippen molar-refractivity contribution in [2.75, 3.05) is 13.2 Å². The second-order valence-electron chi connectivity index (χ2n) is 5.38. The summed E-state index contributed by atoms with van der Waals surface area (Å²) in [5, 5.41) is 0. The maximum Gasteiger partial charge on any atom is 0.410 e. The molecule has 1 fully saturated rings. The molecule has 0 saturated carbocycles. The summed E-state index contributed by atoms with van der Waals surface area (Å²) in [5.41, 5.74) is -0.500. The lowest BCUT2D eigenvalue weighted by molar-refractivity contribution is 0.0162. The SMILES string of the molecule is C=CC[C@H]([C@H]1CO1)N(CC=C)C(=O)OC(C)(C)C. The van der Waals surface area contributed by atoms with Crippen molar-refractivity contribution in [2.45, 2.75) is 44.9 Å². The average molecular weight is 253 g/mol. The number of nitrogens with zero attached hydrogens (tertiary/aromatic N) is 1. The molecule has 0 aromatic heterocycles. The molecule has 0 N–H and O–H groups in total. The fourth-order valence-electron chi connectivity index (χ4n) is 1.73. The molecule has 4 nitrogen and oxygen atoms in total. The van der Waals surface area contributed by atoms with Gasteiger partial charge in [-0.05, 0) is 27.2 Å². The number of ether oxygens (including phenoxy) is 2. The summed E-state index contributed by atoms with van der Waals surface area (Å²) in [7, 11) is 0. The number of hydrogen-bond acceptors (Lipinski definition) is 3. The van der Waals surface area contributed by atoms with Gasteiger partial charge in [-0.25, -0.2) is 4.79 Å². The highest BCUT2D eigenvalue weighted by atomic mass is 16.6. The Labute approximate surface area is 109 Å². The Kier molecular flexibility index (Phi) is 4.96. The topological polar surface area (TPSA) is 42.1 Å². The van der Waals surface area contributed by atoms with Gasteiger partial charge >= 0.3 is 6.09 Å². The molecule has 1 amide bonds. The monoisotopic (exact) mass is 253 g/mol. The van der Waals surface area contributed by atoms with E-state index in [1.54, 1.807) is 17.1 Å². The van der Waals surface area contributed by atoms with Crippen LogP contribution >= 0.6 is 0 Å². The zero-order valence-corrected chi connectivity index (χ0v) is 11.5. The van der Waals surface area contributed by atoms with E-state index in [0.29, 0.717) is 19.6 Å². The average Bonchev–Trinajstić information content (AvgIpc) is 3.04. The van der Waals surface area contributed by atoms with E-state index >= 15 is 0 Å². The quantitative estimate of drug-likeness (QED) is 0.540.